The Balaban J connectivity index is 2.25. The fourth-order valence-corrected chi connectivity index (χ4v) is 1.61. The Morgan fingerprint density at radius 2 is 2.40 bits per heavy atom. The smallest absolute Gasteiger partial charge is 0.315 e. The summed E-state index contributed by atoms with van der Waals surface area (Å²) in [6, 6.07) is -0.0634. The van der Waals surface area contributed by atoms with Crippen LogP contribution in [-0.4, -0.2) is 29.8 Å². The van der Waals surface area contributed by atoms with Crippen molar-refractivity contribution in [2.45, 2.75) is 44.7 Å². The number of carbonyl (C=O) groups excluding carboxylic acids is 1. The van der Waals surface area contributed by atoms with Crippen molar-refractivity contribution in [2.24, 2.45) is 0 Å². The second kappa shape index (κ2) is 6.45. The summed E-state index contributed by atoms with van der Waals surface area (Å²) < 4.78 is 0. The first-order chi connectivity index (χ1) is 7.26. The second-order valence-electron chi connectivity index (χ2n) is 3.89. The van der Waals surface area contributed by atoms with E-state index in [-0.39, 0.29) is 24.7 Å². The number of nitrogens with one attached hydrogen (secondary N) is 2. The maximum Gasteiger partial charge on any atom is 0.315 e. The molecule has 3 N–H and O–H groups in total. The lowest BCUT2D eigenvalue weighted by molar-refractivity contribution is 0.211. The maximum atomic E-state index is 11.5. The van der Waals surface area contributed by atoms with Crippen molar-refractivity contribution in [1.82, 2.24) is 10.6 Å². The second-order valence-corrected chi connectivity index (χ2v) is 3.89. The zero-order valence-corrected chi connectivity index (χ0v) is 9.20. The van der Waals surface area contributed by atoms with E-state index in [1.165, 1.54) is 0 Å². The van der Waals surface area contributed by atoms with Gasteiger partial charge in [0.2, 0.25) is 0 Å². The number of carbonyl (C=O) groups is 1. The molecule has 4 heteroatoms. The molecule has 0 radical (unpaired) electrons. The van der Waals surface area contributed by atoms with Crippen LogP contribution in [0.2, 0.25) is 0 Å². The van der Waals surface area contributed by atoms with Crippen LogP contribution in [0.25, 0.3) is 0 Å². The molecule has 0 fully saturated rings. The van der Waals surface area contributed by atoms with Gasteiger partial charge in [0.25, 0.3) is 0 Å². The van der Waals surface area contributed by atoms with E-state index in [0.717, 1.165) is 25.7 Å². The molecule has 1 aliphatic carbocycles. The van der Waals surface area contributed by atoms with Gasteiger partial charge in [-0.15, -0.1) is 0 Å². The van der Waals surface area contributed by atoms with E-state index in [4.69, 9.17) is 5.11 Å². The molecule has 0 bridgehead atoms. The van der Waals surface area contributed by atoms with Crippen LogP contribution >= 0.6 is 0 Å². The first-order valence-corrected chi connectivity index (χ1v) is 5.59. The highest BCUT2D eigenvalue weighted by molar-refractivity contribution is 5.74. The lowest BCUT2D eigenvalue weighted by Crippen LogP contribution is -2.47. The highest BCUT2D eigenvalue weighted by atomic mass is 16.3. The Morgan fingerprint density at radius 1 is 1.60 bits per heavy atom. The van der Waals surface area contributed by atoms with Crippen LogP contribution in [0.3, 0.4) is 0 Å². The summed E-state index contributed by atoms with van der Waals surface area (Å²) in [5.74, 6) is 0. The molecule has 0 heterocycles. The molecule has 15 heavy (non-hydrogen) atoms. The third kappa shape index (κ3) is 4.34. The monoisotopic (exact) mass is 212 g/mol. The summed E-state index contributed by atoms with van der Waals surface area (Å²) in [6.45, 7) is 1.93. The highest BCUT2D eigenvalue weighted by Crippen LogP contribution is 2.10. The molecule has 0 saturated carbocycles. The summed E-state index contributed by atoms with van der Waals surface area (Å²) in [4.78, 5) is 11.5. The quantitative estimate of drug-likeness (QED) is 0.612. The molecule has 1 aliphatic rings. The molecule has 1 rings (SSSR count). The lowest BCUT2D eigenvalue weighted by Gasteiger charge is -2.21. The van der Waals surface area contributed by atoms with Crippen LogP contribution in [0.5, 0.6) is 0 Å². The normalized spacial score (nSPS) is 22.1. The summed E-state index contributed by atoms with van der Waals surface area (Å²) in [7, 11) is 0. The number of aliphatic hydroxyl groups is 1. The molecule has 2 atom stereocenters. The number of allylic oxidation sites excluding steroid dienone is 1. The highest BCUT2D eigenvalue weighted by Gasteiger charge is 2.14. The third-order valence-electron chi connectivity index (χ3n) is 2.65. The molecule has 0 unspecified atom stereocenters. The Bertz CT molecular complexity index is 225. The van der Waals surface area contributed by atoms with Crippen LogP contribution in [0, 0.1) is 0 Å². The third-order valence-corrected chi connectivity index (χ3v) is 2.65. The van der Waals surface area contributed by atoms with Crippen LogP contribution < -0.4 is 10.6 Å². The average Bonchev–Trinajstić information content (AvgIpc) is 2.27. The summed E-state index contributed by atoms with van der Waals surface area (Å²) >= 11 is 0. The number of hydrogen-bond acceptors (Lipinski definition) is 2. The van der Waals surface area contributed by atoms with Gasteiger partial charge in [-0.05, 0) is 25.7 Å². The van der Waals surface area contributed by atoms with Gasteiger partial charge in [0, 0.05) is 6.04 Å². The van der Waals surface area contributed by atoms with Gasteiger partial charge in [-0.2, -0.15) is 0 Å². The van der Waals surface area contributed by atoms with Gasteiger partial charge >= 0.3 is 6.03 Å². The van der Waals surface area contributed by atoms with Gasteiger partial charge in [-0.25, -0.2) is 4.79 Å². The predicted molar refractivity (Wildman–Crippen MR) is 59.6 cm³/mol. The van der Waals surface area contributed by atoms with E-state index in [1.807, 2.05) is 6.92 Å². The van der Waals surface area contributed by atoms with Crippen LogP contribution in [0.1, 0.15) is 32.6 Å². The van der Waals surface area contributed by atoms with Gasteiger partial charge in [-0.3, -0.25) is 0 Å². The molecule has 4 nitrogen and oxygen atoms in total. The molecule has 0 aliphatic heterocycles. The first-order valence-electron chi connectivity index (χ1n) is 5.59. The van der Waals surface area contributed by atoms with Crippen LogP contribution in [0.4, 0.5) is 4.79 Å². The maximum absolute atomic E-state index is 11.5. The predicted octanol–water partition coefficient (Wildman–Crippen LogP) is 1.17. The van der Waals surface area contributed by atoms with Gasteiger partial charge in [0.05, 0.1) is 12.6 Å². The Kier molecular flexibility index (Phi) is 5.18. The average molecular weight is 212 g/mol. The zero-order chi connectivity index (χ0) is 11.1. The fourth-order valence-electron chi connectivity index (χ4n) is 1.61. The van der Waals surface area contributed by atoms with E-state index in [0.29, 0.717) is 0 Å². The fraction of sp³-hybridized carbons (Fsp3) is 0.727. The van der Waals surface area contributed by atoms with Gasteiger partial charge in [0.15, 0.2) is 0 Å². The number of amides is 2. The van der Waals surface area contributed by atoms with Crippen molar-refractivity contribution in [3.05, 3.63) is 12.2 Å². The van der Waals surface area contributed by atoms with E-state index in [9.17, 15) is 4.79 Å². The minimum Gasteiger partial charge on any atom is -0.394 e. The minimum absolute atomic E-state index is 0.00547. The molecule has 0 aromatic carbocycles. The number of aliphatic hydroxyl groups excluding tert-OH is 1. The van der Waals surface area contributed by atoms with Crippen molar-refractivity contribution in [2.75, 3.05) is 6.61 Å². The SMILES string of the molecule is CC[C@@H](CO)NC(=O)N[C@H]1CC=CCC1. The Hall–Kier alpha value is -1.03. The topological polar surface area (TPSA) is 61.4 Å². The molecule has 0 aromatic rings. The van der Waals surface area contributed by atoms with E-state index in [2.05, 4.69) is 22.8 Å². The molecule has 2 amide bonds. The zero-order valence-electron chi connectivity index (χ0n) is 9.20. The molecule has 0 aromatic heterocycles. The van der Waals surface area contributed by atoms with E-state index < -0.39 is 0 Å². The summed E-state index contributed by atoms with van der Waals surface area (Å²) in [5.41, 5.74) is 0. The molecule has 0 spiro atoms. The number of rotatable bonds is 4. The van der Waals surface area contributed by atoms with Gasteiger partial charge in [-0.1, -0.05) is 19.1 Å². The van der Waals surface area contributed by atoms with Gasteiger partial charge < -0.3 is 15.7 Å². The number of urea groups is 1. The first kappa shape index (κ1) is 12.0. The van der Waals surface area contributed by atoms with Crippen molar-refractivity contribution in [3.63, 3.8) is 0 Å². The van der Waals surface area contributed by atoms with Crippen LogP contribution in [-0.2, 0) is 0 Å². The van der Waals surface area contributed by atoms with Crippen molar-refractivity contribution in [1.29, 1.82) is 0 Å². The van der Waals surface area contributed by atoms with Crippen molar-refractivity contribution < 1.29 is 9.90 Å². The minimum atomic E-state index is -0.170. The molecule has 86 valence electrons. The van der Waals surface area contributed by atoms with Crippen molar-refractivity contribution in [3.8, 4) is 0 Å². The van der Waals surface area contributed by atoms with E-state index in [1.54, 1.807) is 0 Å². The molecular weight excluding hydrogens is 192 g/mol. The summed E-state index contributed by atoms with van der Waals surface area (Å²) in [6.07, 6.45) is 7.91. The molecule has 0 saturated heterocycles. The number of hydrogen-bond donors (Lipinski definition) is 3. The Labute approximate surface area is 90.7 Å². The lowest BCUT2D eigenvalue weighted by atomic mass is 10.0. The van der Waals surface area contributed by atoms with Gasteiger partial charge in [0.1, 0.15) is 0 Å². The standard InChI is InChI=1S/C11H20N2O2/c1-2-9(8-14)12-11(15)13-10-6-4-3-5-7-10/h3-4,9-10,14H,2,5-8H2,1H3,(H2,12,13,15)/t9-,10-/m0/s1. The van der Waals surface area contributed by atoms with Crippen LogP contribution in [0.15, 0.2) is 12.2 Å². The Morgan fingerprint density at radius 3 is 2.93 bits per heavy atom. The van der Waals surface area contributed by atoms with E-state index >= 15 is 0 Å². The summed E-state index contributed by atoms with van der Waals surface area (Å²) in [5, 5.41) is 14.6. The van der Waals surface area contributed by atoms with Crippen molar-refractivity contribution >= 4 is 6.03 Å². The molecular formula is C11H20N2O2. The largest absolute Gasteiger partial charge is 0.394 e.